The Labute approximate surface area is 138 Å². The first-order valence-corrected chi connectivity index (χ1v) is 7.56. The predicted octanol–water partition coefficient (Wildman–Crippen LogP) is 3.23. The lowest BCUT2D eigenvalue weighted by molar-refractivity contribution is -0.385. The van der Waals surface area contributed by atoms with Crippen LogP contribution in [0.5, 0.6) is 5.75 Å². The van der Waals surface area contributed by atoms with E-state index in [4.69, 9.17) is 4.74 Å². The zero-order chi connectivity index (χ0) is 17.1. The summed E-state index contributed by atoms with van der Waals surface area (Å²) in [6, 6.07) is 6.59. The lowest BCUT2D eigenvalue weighted by atomic mass is 9.88. The number of aromatic nitrogens is 1. The molecule has 0 saturated carbocycles. The molecule has 1 unspecified atom stereocenters. The molecule has 7 nitrogen and oxygen atoms in total. The van der Waals surface area contributed by atoms with Crippen molar-refractivity contribution in [1.29, 1.82) is 0 Å². The molecule has 24 heavy (non-hydrogen) atoms. The van der Waals surface area contributed by atoms with E-state index in [-0.39, 0.29) is 16.7 Å². The van der Waals surface area contributed by atoms with Crippen LogP contribution in [0.4, 0.5) is 5.69 Å². The Morgan fingerprint density at radius 3 is 2.96 bits per heavy atom. The maximum Gasteiger partial charge on any atom is 0.339 e. The van der Waals surface area contributed by atoms with Crippen LogP contribution in [-0.4, -0.2) is 23.0 Å². The van der Waals surface area contributed by atoms with Gasteiger partial charge in [-0.1, -0.05) is 12.1 Å². The van der Waals surface area contributed by atoms with E-state index in [9.17, 15) is 14.9 Å². The zero-order valence-electron chi connectivity index (χ0n) is 13.1. The second-order valence-corrected chi connectivity index (χ2v) is 5.50. The second kappa shape index (κ2) is 6.66. The summed E-state index contributed by atoms with van der Waals surface area (Å²) in [4.78, 5) is 26.4. The Kier molecular flexibility index (Phi) is 4.41. The molecule has 1 aromatic carbocycles. The number of carbonyl (C=O) groups is 1. The maximum absolute atomic E-state index is 11.6. The Morgan fingerprint density at radius 1 is 1.38 bits per heavy atom. The third-order valence-corrected chi connectivity index (χ3v) is 4.04. The number of pyridine rings is 1. The van der Waals surface area contributed by atoms with Crippen LogP contribution in [0.25, 0.3) is 0 Å². The normalized spacial score (nSPS) is 16.1. The second-order valence-electron chi connectivity index (χ2n) is 5.50. The van der Waals surface area contributed by atoms with Gasteiger partial charge in [-0.3, -0.25) is 15.1 Å². The van der Waals surface area contributed by atoms with Gasteiger partial charge in [0, 0.05) is 23.4 Å². The average Bonchev–Trinajstić information content (AvgIpc) is 2.61. The summed E-state index contributed by atoms with van der Waals surface area (Å²) in [5.74, 6) is -0.0603. The van der Waals surface area contributed by atoms with E-state index in [1.165, 1.54) is 25.6 Å². The number of esters is 1. The van der Waals surface area contributed by atoms with E-state index in [1.807, 2.05) is 6.07 Å². The summed E-state index contributed by atoms with van der Waals surface area (Å²) in [7, 11) is 1.30. The summed E-state index contributed by atoms with van der Waals surface area (Å²) in [6.07, 6.45) is 4.82. The Balaban J connectivity index is 1.90. The molecule has 7 heteroatoms. The molecule has 0 aliphatic heterocycles. The number of fused-ring (bicyclic) bond motifs is 1. The Hall–Kier alpha value is -2.96. The van der Waals surface area contributed by atoms with Crippen LogP contribution in [0.2, 0.25) is 0 Å². The number of benzene rings is 1. The van der Waals surface area contributed by atoms with Gasteiger partial charge in [-0.05, 0) is 25.3 Å². The minimum absolute atomic E-state index is 0.127. The third kappa shape index (κ3) is 3.05. The topological polar surface area (TPSA) is 91.6 Å². The van der Waals surface area contributed by atoms with E-state index in [0.717, 1.165) is 24.0 Å². The van der Waals surface area contributed by atoms with E-state index in [1.54, 1.807) is 12.1 Å². The smallest absolute Gasteiger partial charge is 0.339 e. The van der Waals surface area contributed by atoms with Gasteiger partial charge in [0.15, 0.2) is 0 Å². The Morgan fingerprint density at radius 2 is 2.21 bits per heavy atom. The first kappa shape index (κ1) is 15.9. The van der Waals surface area contributed by atoms with Crippen molar-refractivity contribution in [3.8, 4) is 5.75 Å². The summed E-state index contributed by atoms with van der Waals surface area (Å²) < 4.78 is 10.6. The lowest BCUT2D eigenvalue weighted by Crippen LogP contribution is -2.17. The van der Waals surface area contributed by atoms with Crippen molar-refractivity contribution in [3.05, 3.63) is 63.5 Å². The average molecular weight is 328 g/mol. The van der Waals surface area contributed by atoms with Gasteiger partial charge >= 0.3 is 5.97 Å². The molecule has 1 atom stereocenters. The van der Waals surface area contributed by atoms with Gasteiger partial charge in [0.2, 0.25) is 0 Å². The fourth-order valence-corrected chi connectivity index (χ4v) is 2.96. The number of rotatable bonds is 4. The van der Waals surface area contributed by atoms with Crippen LogP contribution in [0.1, 0.15) is 40.4 Å². The number of hydrogen-bond donors (Lipinski definition) is 0. The molecular weight excluding hydrogens is 312 g/mol. The molecule has 3 rings (SSSR count). The molecule has 0 N–H and O–H groups in total. The SMILES string of the molecule is COC(=O)c1cncc(OC2CCCc3c2cccc3[N+](=O)[O-])c1. The van der Waals surface area contributed by atoms with Gasteiger partial charge in [-0.2, -0.15) is 0 Å². The van der Waals surface area contributed by atoms with Crippen molar-refractivity contribution in [2.45, 2.75) is 25.4 Å². The molecule has 0 bridgehead atoms. The number of hydrogen-bond acceptors (Lipinski definition) is 6. The first-order valence-electron chi connectivity index (χ1n) is 7.56. The lowest BCUT2D eigenvalue weighted by Gasteiger charge is -2.26. The number of nitro benzene ring substituents is 1. The fraction of sp³-hybridized carbons (Fsp3) is 0.294. The molecule has 0 fully saturated rings. The molecule has 0 amide bonds. The molecule has 1 aromatic heterocycles. The van der Waals surface area contributed by atoms with Crippen LogP contribution in [0, 0.1) is 10.1 Å². The number of nitro groups is 1. The van der Waals surface area contributed by atoms with Crippen molar-refractivity contribution in [2.24, 2.45) is 0 Å². The van der Waals surface area contributed by atoms with Crippen LogP contribution in [-0.2, 0) is 11.2 Å². The highest BCUT2D eigenvalue weighted by atomic mass is 16.6. The largest absolute Gasteiger partial charge is 0.484 e. The summed E-state index contributed by atoms with van der Waals surface area (Å²) in [5, 5.41) is 11.2. The van der Waals surface area contributed by atoms with Crippen LogP contribution >= 0.6 is 0 Å². The quantitative estimate of drug-likeness (QED) is 0.486. The zero-order valence-corrected chi connectivity index (χ0v) is 13.1. The predicted molar refractivity (Wildman–Crippen MR) is 85.0 cm³/mol. The number of ether oxygens (including phenoxy) is 2. The first-order chi connectivity index (χ1) is 11.6. The number of methoxy groups -OCH3 is 1. The fourth-order valence-electron chi connectivity index (χ4n) is 2.96. The van der Waals surface area contributed by atoms with Crippen molar-refractivity contribution in [2.75, 3.05) is 7.11 Å². The molecule has 2 aromatic rings. The molecule has 0 saturated heterocycles. The van der Waals surface area contributed by atoms with E-state index >= 15 is 0 Å². The van der Waals surface area contributed by atoms with Crippen molar-refractivity contribution in [1.82, 2.24) is 4.98 Å². The van der Waals surface area contributed by atoms with Gasteiger partial charge in [-0.15, -0.1) is 0 Å². The maximum atomic E-state index is 11.6. The molecule has 1 aliphatic rings. The summed E-state index contributed by atoms with van der Waals surface area (Å²) >= 11 is 0. The van der Waals surface area contributed by atoms with Crippen LogP contribution in [0.15, 0.2) is 36.7 Å². The molecule has 1 heterocycles. The van der Waals surface area contributed by atoms with Crippen molar-refractivity contribution >= 4 is 11.7 Å². The minimum Gasteiger partial charge on any atom is -0.484 e. The molecule has 1 aliphatic carbocycles. The highest BCUT2D eigenvalue weighted by Crippen LogP contribution is 2.37. The van der Waals surface area contributed by atoms with E-state index in [0.29, 0.717) is 17.7 Å². The number of carbonyl (C=O) groups excluding carboxylic acids is 1. The Bertz CT molecular complexity index is 790. The molecule has 0 spiro atoms. The van der Waals surface area contributed by atoms with Crippen LogP contribution in [0.3, 0.4) is 0 Å². The van der Waals surface area contributed by atoms with Gasteiger partial charge < -0.3 is 9.47 Å². The minimum atomic E-state index is -0.493. The van der Waals surface area contributed by atoms with Crippen molar-refractivity contribution < 1.29 is 19.2 Å². The van der Waals surface area contributed by atoms with Gasteiger partial charge in [0.05, 0.1) is 23.8 Å². The standard InChI is InChI=1S/C17H16N2O5/c1-23-17(20)11-8-12(10-18-9-11)24-16-7-3-4-13-14(16)5-2-6-15(13)19(21)22/h2,5-6,8-10,16H,3-4,7H2,1H3. The molecule has 124 valence electrons. The highest BCUT2D eigenvalue weighted by molar-refractivity contribution is 5.89. The summed E-state index contributed by atoms with van der Waals surface area (Å²) in [6.45, 7) is 0. The van der Waals surface area contributed by atoms with Crippen LogP contribution < -0.4 is 4.74 Å². The highest BCUT2D eigenvalue weighted by Gasteiger charge is 2.28. The molecular formula is C17H16N2O5. The molecule has 0 radical (unpaired) electrons. The van der Waals surface area contributed by atoms with Gasteiger partial charge in [0.25, 0.3) is 5.69 Å². The van der Waals surface area contributed by atoms with E-state index < -0.39 is 5.97 Å². The monoisotopic (exact) mass is 328 g/mol. The van der Waals surface area contributed by atoms with Gasteiger partial charge in [0.1, 0.15) is 11.9 Å². The van der Waals surface area contributed by atoms with Gasteiger partial charge in [-0.25, -0.2) is 4.79 Å². The summed E-state index contributed by atoms with van der Waals surface area (Å²) in [5.41, 5.74) is 1.96. The van der Waals surface area contributed by atoms with Crippen molar-refractivity contribution in [3.63, 3.8) is 0 Å². The number of nitrogens with zero attached hydrogens (tertiary/aromatic N) is 2. The van der Waals surface area contributed by atoms with E-state index in [2.05, 4.69) is 9.72 Å². The third-order valence-electron chi connectivity index (χ3n) is 4.04.